The molecule has 1 fully saturated rings. The minimum absolute atomic E-state index is 0.00664. The van der Waals surface area contributed by atoms with Gasteiger partial charge in [-0.15, -0.1) is 0 Å². The van der Waals surface area contributed by atoms with E-state index in [2.05, 4.69) is 22.9 Å². The largest absolute Gasteiger partial charge is 0.493 e. The summed E-state index contributed by atoms with van der Waals surface area (Å²) in [6.45, 7) is 2.97. The van der Waals surface area contributed by atoms with E-state index in [0.29, 0.717) is 6.61 Å². The molecule has 1 aliphatic carbocycles. The normalized spacial score (nSPS) is 27.4. The molecule has 18 heavy (non-hydrogen) atoms. The van der Waals surface area contributed by atoms with E-state index in [4.69, 9.17) is 10.5 Å². The number of ether oxygens (including phenoxy) is 1. The maximum Gasteiger partial charge on any atom is 0.120 e. The van der Waals surface area contributed by atoms with Crippen LogP contribution in [0.15, 0.2) is 28.7 Å². The summed E-state index contributed by atoms with van der Waals surface area (Å²) in [4.78, 5) is 0. The molecular weight excluding hydrogens is 290 g/mol. The van der Waals surface area contributed by atoms with E-state index in [1.807, 2.05) is 24.3 Å². The average Bonchev–Trinajstić information content (AvgIpc) is 2.71. The molecule has 0 saturated heterocycles. The molecule has 2 N–H and O–H groups in total. The zero-order chi connectivity index (χ0) is 13.0. The third-order valence-corrected chi connectivity index (χ3v) is 4.48. The van der Waals surface area contributed by atoms with Crippen LogP contribution in [-0.4, -0.2) is 12.1 Å². The first kappa shape index (κ1) is 13.9. The van der Waals surface area contributed by atoms with Crippen LogP contribution in [0, 0.1) is 5.92 Å². The first-order chi connectivity index (χ1) is 8.61. The summed E-state index contributed by atoms with van der Waals surface area (Å²) in [6, 6.07) is 7.96. The number of hydrogen-bond acceptors (Lipinski definition) is 2. The fourth-order valence-corrected chi connectivity index (χ4v) is 3.15. The SMILES string of the molecule is CCC1CCC(N)(CCOc2cccc(Br)c2)C1. The molecule has 0 bridgehead atoms. The van der Waals surface area contributed by atoms with Gasteiger partial charge in [0.15, 0.2) is 0 Å². The zero-order valence-electron chi connectivity index (χ0n) is 11.0. The van der Waals surface area contributed by atoms with Gasteiger partial charge in [-0.2, -0.15) is 0 Å². The summed E-state index contributed by atoms with van der Waals surface area (Å²) in [5.74, 6) is 1.74. The molecule has 0 radical (unpaired) electrons. The quantitative estimate of drug-likeness (QED) is 0.887. The Morgan fingerprint density at radius 1 is 1.50 bits per heavy atom. The van der Waals surface area contributed by atoms with Crippen molar-refractivity contribution in [3.63, 3.8) is 0 Å². The van der Waals surface area contributed by atoms with Gasteiger partial charge in [0.25, 0.3) is 0 Å². The Hall–Kier alpha value is -0.540. The standard InChI is InChI=1S/C15H22BrNO/c1-2-12-6-7-15(17,11-12)8-9-18-14-5-3-4-13(16)10-14/h3-5,10,12H,2,6-9,11,17H2,1H3. The van der Waals surface area contributed by atoms with Crippen molar-refractivity contribution in [2.75, 3.05) is 6.61 Å². The lowest BCUT2D eigenvalue weighted by molar-refractivity contribution is 0.254. The zero-order valence-corrected chi connectivity index (χ0v) is 12.6. The van der Waals surface area contributed by atoms with E-state index >= 15 is 0 Å². The number of hydrogen-bond donors (Lipinski definition) is 1. The molecule has 0 spiro atoms. The second kappa shape index (κ2) is 6.07. The minimum atomic E-state index is 0.00664. The molecule has 2 atom stereocenters. The summed E-state index contributed by atoms with van der Waals surface area (Å²) < 4.78 is 6.82. The molecule has 1 aliphatic rings. The average molecular weight is 312 g/mol. The molecule has 2 rings (SSSR count). The van der Waals surface area contributed by atoms with Crippen molar-refractivity contribution in [3.05, 3.63) is 28.7 Å². The molecule has 1 aromatic carbocycles. The van der Waals surface area contributed by atoms with Gasteiger partial charge in [0.2, 0.25) is 0 Å². The third-order valence-electron chi connectivity index (χ3n) is 3.99. The Labute approximate surface area is 118 Å². The number of rotatable bonds is 5. The van der Waals surface area contributed by atoms with E-state index in [9.17, 15) is 0 Å². The van der Waals surface area contributed by atoms with Crippen LogP contribution in [0.3, 0.4) is 0 Å². The second-order valence-corrected chi connectivity index (χ2v) is 6.35. The van der Waals surface area contributed by atoms with Crippen LogP contribution in [0.2, 0.25) is 0 Å². The van der Waals surface area contributed by atoms with Crippen molar-refractivity contribution >= 4 is 15.9 Å². The highest BCUT2D eigenvalue weighted by atomic mass is 79.9. The Morgan fingerprint density at radius 3 is 3.00 bits per heavy atom. The van der Waals surface area contributed by atoms with Gasteiger partial charge < -0.3 is 10.5 Å². The molecule has 2 unspecified atom stereocenters. The fourth-order valence-electron chi connectivity index (χ4n) is 2.78. The Morgan fingerprint density at radius 2 is 2.33 bits per heavy atom. The smallest absolute Gasteiger partial charge is 0.120 e. The van der Waals surface area contributed by atoms with Gasteiger partial charge in [-0.3, -0.25) is 0 Å². The summed E-state index contributed by atoms with van der Waals surface area (Å²) in [7, 11) is 0. The lowest BCUT2D eigenvalue weighted by Gasteiger charge is -2.24. The Kier molecular flexibility index (Phi) is 4.68. The van der Waals surface area contributed by atoms with Crippen LogP contribution >= 0.6 is 15.9 Å². The van der Waals surface area contributed by atoms with Crippen LogP contribution in [-0.2, 0) is 0 Å². The van der Waals surface area contributed by atoms with Gasteiger partial charge in [-0.25, -0.2) is 0 Å². The van der Waals surface area contributed by atoms with Gasteiger partial charge in [0.1, 0.15) is 5.75 Å². The highest BCUT2D eigenvalue weighted by molar-refractivity contribution is 9.10. The third kappa shape index (κ3) is 3.72. The number of halogens is 1. The summed E-state index contributed by atoms with van der Waals surface area (Å²) >= 11 is 3.44. The Bertz CT molecular complexity index is 396. The topological polar surface area (TPSA) is 35.2 Å². The highest BCUT2D eigenvalue weighted by Gasteiger charge is 2.34. The molecule has 2 nitrogen and oxygen atoms in total. The molecule has 0 aromatic heterocycles. The number of benzene rings is 1. The van der Waals surface area contributed by atoms with Crippen LogP contribution in [0.25, 0.3) is 0 Å². The Balaban J connectivity index is 1.79. The van der Waals surface area contributed by atoms with Crippen LogP contribution in [0.1, 0.15) is 39.0 Å². The highest BCUT2D eigenvalue weighted by Crippen LogP contribution is 2.36. The van der Waals surface area contributed by atoms with E-state index in [-0.39, 0.29) is 5.54 Å². The second-order valence-electron chi connectivity index (χ2n) is 5.44. The van der Waals surface area contributed by atoms with E-state index in [1.165, 1.54) is 12.8 Å². The molecule has 1 aromatic rings. The molecule has 0 heterocycles. The first-order valence-corrected chi connectivity index (χ1v) is 7.58. The van der Waals surface area contributed by atoms with Gasteiger partial charge >= 0.3 is 0 Å². The van der Waals surface area contributed by atoms with Crippen LogP contribution in [0.4, 0.5) is 0 Å². The molecule has 100 valence electrons. The maximum atomic E-state index is 6.43. The van der Waals surface area contributed by atoms with Crippen molar-refractivity contribution in [3.8, 4) is 5.75 Å². The van der Waals surface area contributed by atoms with Crippen LogP contribution in [0.5, 0.6) is 5.75 Å². The van der Waals surface area contributed by atoms with Gasteiger partial charge in [0.05, 0.1) is 6.61 Å². The van der Waals surface area contributed by atoms with Gasteiger partial charge in [-0.05, 0) is 49.8 Å². The van der Waals surface area contributed by atoms with Crippen LogP contribution < -0.4 is 10.5 Å². The van der Waals surface area contributed by atoms with E-state index in [1.54, 1.807) is 0 Å². The summed E-state index contributed by atoms with van der Waals surface area (Å²) in [5, 5.41) is 0. The molecule has 1 saturated carbocycles. The van der Waals surface area contributed by atoms with Gasteiger partial charge in [-0.1, -0.05) is 35.3 Å². The van der Waals surface area contributed by atoms with Crippen molar-refractivity contribution < 1.29 is 4.74 Å². The molecule has 3 heteroatoms. The predicted octanol–water partition coefficient (Wildman–Crippen LogP) is 4.13. The van der Waals surface area contributed by atoms with Crippen molar-refractivity contribution in [2.45, 2.75) is 44.6 Å². The number of nitrogens with two attached hydrogens (primary N) is 1. The van der Waals surface area contributed by atoms with Crippen molar-refractivity contribution in [1.29, 1.82) is 0 Å². The van der Waals surface area contributed by atoms with E-state index < -0.39 is 0 Å². The van der Waals surface area contributed by atoms with Crippen molar-refractivity contribution in [1.82, 2.24) is 0 Å². The predicted molar refractivity (Wildman–Crippen MR) is 78.8 cm³/mol. The van der Waals surface area contributed by atoms with Crippen molar-refractivity contribution in [2.24, 2.45) is 11.7 Å². The molecule has 0 amide bonds. The fraction of sp³-hybridized carbons (Fsp3) is 0.600. The maximum absolute atomic E-state index is 6.43. The first-order valence-electron chi connectivity index (χ1n) is 6.78. The molecule has 0 aliphatic heterocycles. The van der Waals surface area contributed by atoms with Gasteiger partial charge in [0, 0.05) is 10.0 Å². The minimum Gasteiger partial charge on any atom is -0.493 e. The summed E-state index contributed by atoms with van der Waals surface area (Å²) in [5.41, 5.74) is 6.44. The lowest BCUT2D eigenvalue weighted by Crippen LogP contribution is -2.38. The summed E-state index contributed by atoms with van der Waals surface area (Å²) in [6.07, 6.45) is 5.80. The lowest BCUT2D eigenvalue weighted by atomic mass is 9.93. The molecular formula is C15H22BrNO. The van der Waals surface area contributed by atoms with E-state index in [0.717, 1.165) is 35.4 Å². The monoisotopic (exact) mass is 311 g/mol.